The van der Waals surface area contributed by atoms with Gasteiger partial charge in [-0.05, 0) is 24.1 Å². The molecule has 2 heterocycles. The number of benzene rings is 2. The highest BCUT2D eigenvalue weighted by Gasteiger charge is 2.26. The molecule has 1 unspecified atom stereocenters. The predicted octanol–water partition coefficient (Wildman–Crippen LogP) is 2.94. The Bertz CT molecular complexity index is 849. The van der Waals surface area contributed by atoms with Crippen LogP contribution in [0, 0.1) is 0 Å². The van der Waals surface area contributed by atoms with Crippen molar-refractivity contribution in [3.63, 3.8) is 0 Å². The molecule has 3 aromatic rings. The topological polar surface area (TPSA) is 44.5 Å². The van der Waals surface area contributed by atoms with Gasteiger partial charge < -0.3 is 5.11 Å². The Morgan fingerprint density at radius 3 is 2.39 bits per heavy atom. The summed E-state index contributed by atoms with van der Waals surface area (Å²) in [5.41, 5.74) is 3.64. The average molecular weight is 377 g/mol. The maximum absolute atomic E-state index is 9.55. The lowest BCUT2D eigenvalue weighted by atomic mass is 10.1. The third-order valence-corrected chi connectivity index (χ3v) is 5.44. The Morgan fingerprint density at radius 2 is 1.64 bits per heavy atom. The first-order valence-electron chi connectivity index (χ1n) is 10.0. The van der Waals surface area contributed by atoms with Gasteiger partial charge in [-0.3, -0.25) is 9.80 Å². The lowest BCUT2D eigenvalue weighted by Gasteiger charge is -2.41. The smallest absolute Gasteiger partial charge is 0.0645 e. The van der Waals surface area contributed by atoms with Gasteiger partial charge in [0.15, 0.2) is 0 Å². The van der Waals surface area contributed by atoms with Crippen molar-refractivity contribution in [2.45, 2.75) is 25.6 Å². The van der Waals surface area contributed by atoms with Crippen molar-refractivity contribution in [1.29, 1.82) is 0 Å². The lowest BCUT2D eigenvalue weighted by Crippen LogP contribution is -2.52. The van der Waals surface area contributed by atoms with Crippen LogP contribution in [0.4, 0.5) is 0 Å². The first-order valence-corrected chi connectivity index (χ1v) is 10.0. The van der Waals surface area contributed by atoms with Gasteiger partial charge in [0.1, 0.15) is 0 Å². The van der Waals surface area contributed by atoms with Gasteiger partial charge in [-0.25, -0.2) is 4.68 Å². The van der Waals surface area contributed by atoms with Gasteiger partial charge in [0, 0.05) is 57.1 Å². The maximum atomic E-state index is 9.55. The zero-order valence-electron chi connectivity index (χ0n) is 16.2. The highest BCUT2D eigenvalue weighted by Crippen LogP contribution is 2.19. The largest absolute Gasteiger partial charge is 0.396 e. The van der Waals surface area contributed by atoms with Crippen LogP contribution in [0.3, 0.4) is 0 Å². The van der Waals surface area contributed by atoms with Crippen LogP contribution in [0.2, 0.25) is 0 Å². The monoisotopic (exact) mass is 376 g/mol. The Kier molecular flexibility index (Phi) is 6.17. The van der Waals surface area contributed by atoms with Gasteiger partial charge in [-0.2, -0.15) is 5.10 Å². The van der Waals surface area contributed by atoms with E-state index in [4.69, 9.17) is 0 Å². The Balaban J connectivity index is 1.38. The standard InChI is InChI=1S/C23H28N4O/c28-14-11-23-19-25(12-13-26(23)17-20-7-3-1-4-8-20)16-21-15-24-27(18-21)22-9-5-2-6-10-22/h1-10,15,18,23,28H,11-14,16-17,19H2. The van der Waals surface area contributed by atoms with Crippen molar-refractivity contribution in [3.05, 3.63) is 84.2 Å². The summed E-state index contributed by atoms with van der Waals surface area (Å²) in [6, 6.07) is 21.2. The number of nitrogens with zero attached hydrogens (tertiary/aromatic N) is 4. The molecule has 1 aromatic heterocycles. The fraction of sp³-hybridized carbons (Fsp3) is 0.348. The fourth-order valence-electron chi connectivity index (χ4n) is 3.97. The van der Waals surface area contributed by atoms with Crippen LogP contribution in [-0.4, -0.2) is 57.0 Å². The van der Waals surface area contributed by atoms with E-state index < -0.39 is 0 Å². The highest BCUT2D eigenvalue weighted by atomic mass is 16.3. The van der Waals surface area contributed by atoms with Crippen LogP contribution >= 0.6 is 0 Å². The van der Waals surface area contributed by atoms with Gasteiger partial charge >= 0.3 is 0 Å². The number of para-hydroxylation sites is 1. The van der Waals surface area contributed by atoms with Crippen molar-refractivity contribution >= 4 is 0 Å². The van der Waals surface area contributed by atoms with Crippen LogP contribution < -0.4 is 0 Å². The van der Waals surface area contributed by atoms with Crippen molar-refractivity contribution in [3.8, 4) is 5.69 Å². The Labute approximate surface area is 166 Å². The number of hydrogen-bond donors (Lipinski definition) is 1. The molecule has 0 radical (unpaired) electrons. The normalized spacial score (nSPS) is 18.4. The van der Waals surface area contributed by atoms with Gasteiger partial charge in [0.05, 0.1) is 11.9 Å². The summed E-state index contributed by atoms with van der Waals surface area (Å²) < 4.78 is 1.94. The Hall–Kier alpha value is -2.47. The van der Waals surface area contributed by atoms with Crippen molar-refractivity contribution in [2.24, 2.45) is 0 Å². The molecule has 1 saturated heterocycles. The molecular formula is C23H28N4O. The molecule has 0 aliphatic carbocycles. The number of aliphatic hydroxyl groups is 1. The first-order chi connectivity index (χ1) is 13.8. The molecule has 0 saturated carbocycles. The number of aromatic nitrogens is 2. The lowest BCUT2D eigenvalue weighted by molar-refractivity contribution is 0.0500. The third kappa shape index (κ3) is 4.68. The summed E-state index contributed by atoms with van der Waals surface area (Å²) in [5.74, 6) is 0. The predicted molar refractivity (Wildman–Crippen MR) is 111 cm³/mol. The summed E-state index contributed by atoms with van der Waals surface area (Å²) in [4.78, 5) is 4.99. The molecule has 146 valence electrons. The minimum atomic E-state index is 0.232. The minimum Gasteiger partial charge on any atom is -0.396 e. The van der Waals surface area contributed by atoms with E-state index in [0.29, 0.717) is 6.04 Å². The van der Waals surface area contributed by atoms with E-state index in [2.05, 4.69) is 63.6 Å². The third-order valence-electron chi connectivity index (χ3n) is 5.44. The Morgan fingerprint density at radius 1 is 0.893 bits per heavy atom. The van der Waals surface area contributed by atoms with Gasteiger partial charge in [-0.15, -0.1) is 0 Å². The zero-order chi connectivity index (χ0) is 19.2. The van der Waals surface area contributed by atoms with Crippen LogP contribution in [0.15, 0.2) is 73.1 Å². The fourth-order valence-corrected chi connectivity index (χ4v) is 3.97. The molecule has 2 aromatic carbocycles. The molecule has 1 fully saturated rings. The van der Waals surface area contributed by atoms with E-state index in [1.54, 1.807) is 0 Å². The molecule has 28 heavy (non-hydrogen) atoms. The molecule has 1 N–H and O–H groups in total. The molecule has 4 rings (SSSR count). The summed E-state index contributed by atoms with van der Waals surface area (Å²) in [7, 11) is 0. The number of piperazine rings is 1. The van der Waals surface area contributed by atoms with Crippen LogP contribution in [0.25, 0.3) is 5.69 Å². The highest BCUT2D eigenvalue weighted by molar-refractivity contribution is 5.30. The molecule has 1 aliphatic heterocycles. The molecular weight excluding hydrogens is 348 g/mol. The van der Waals surface area contributed by atoms with Crippen molar-refractivity contribution in [1.82, 2.24) is 19.6 Å². The first kappa shape index (κ1) is 18.9. The zero-order valence-corrected chi connectivity index (χ0v) is 16.2. The summed E-state index contributed by atoms with van der Waals surface area (Å²) in [6.07, 6.45) is 4.89. The molecule has 5 nitrogen and oxygen atoms in total. The second kappa shape index (κ2) is 9.15. The van der Waals surface area contributed by atoms with Crippen LogP contribution in [0.5, 0.6) is 0 Å². The molecule has 1 atom stereocenters. The molecule has 0 amide bonds. The van der Waals surface area contributed by atoms with Gasteiger partial charge in [0.25, 0.3) is 0 Å². The molecule has 0 bridgehead atoms. The van der Waals surface area contributed by atoms with Gasteiger partial charge in [-0.1, -0.05) is 48.5 Å². The average Bonchev–Trinajstić information content (AvgIpc) is 3.20. The van der Waals surface area contributed by atoms with E-state index in [1.165, 1.54) is 11.1 Å². The summed E-state index contributed by atoms with van der Waals surface area (Å²) in [6.45, 7) is 5.11. The van der Waals surface area contributed by atoms with Crippen LogP contribution in [-0.2, 0) is 13.1 Å². The van der Waals surface area contributed by atoms with E-state index in [0.717, 1.165) is 44.8 Å². The van der Waals surface area contributed by atoms with Crippen molar-refractivity contribution in [2.75, 3.05) is 26.2 Å². The quantitative estimate of drug-likeness (QED) is 0.689. The number of aliphatic hydroxyl groups excluding tert-OH is 1. The SMILES string of the molecule is OCCC1CN(Cc2cnn(-c3ccccc3)c2)CCN1Cc1ccccc1. The summed E-state index contributed by atoms with van der Waals surface area (Å²) >= 11 is 0. The second-order valence-electron chi connectivity index (χ2n) is 7.49. The van der Waals surface area contributed by atoms with Crippen molar-refractivity contribution < 1.29 is 5.11 Å². The van der Waals surface area contributed by atoms with E-state index in [-0.39, 0.29) is 6.61 Å². The maximum Gasteiger partial charge on any atom is 0.0645 e. The van der Waals surface area contributed by atoms with Gasteiger partial charge in [0.2, 0.25) is 0 Å². The van der Waals surface area contributed by atoms with E-state index in [9.17, 15) is 5.11 Å². The van der Waals surface area contributed by atoms with E-state index in [1.807, 2.05) is 29.1 Å². The molecule has 1 aliphatic rings. The number of hydrogen-bond acceptors (Lipinski definition) is 4. The van der Waals surface area contributed by atoms with Crippen LogP contribution in [0.1, 0.15) is 17.5 Å². The number of rotatable bonds is 7. The summed E-state index contributed by atoms with van der Waals surface area (Å²) in [5, 5.41) is 14.1. The molecule has 0 spiro atoms. The van der Waals surface area contributed by atoms with E-state index >= 15 is 0 Å². The molecule has 5 heteroatoms. The second-order valence-corrected chi connectivity index (χ2v) is 7.49. The minimum absolute atomic E-state index is 0.232.